The lowest BCUT2D eigenvalue weighted by molar-refractivity contribution is 0.195. The molecular weight excluding hydrogens is 326 g/mol. The van der Waals surface area contributed by atoms with E-state index in [9.17, 15) is 4.79 Å². The van der Waals surface area contributed by atoms with Crippen LogP contribution >= 0.6 is 0 Å². The molecule has 0 aromatic heterocycles. The van der Waals surface area contributed by atoms with Gasteiger partial charge in [0.2, 0.25) is 0 Å². The van der Waals surface area contributed by atoms with Gasteiger partial charge in [-0.05, 0) is 32.0 Å². The third-order valence-corrected chi connectivity index (χ3v) is 3.00. The van der Waals surface area contributed by atoms with E-state index in [1.54, 1.807) is 7.11 Å². The maximum absolute atomic E-state index is 9.86. The molecule has 2 rings (SSSR count). The molecule has 9 heteroatoms. The molecule has 1 amide bonds. The molecule has 1 unspecified atom stereocenters. The minimum absolute atomic E-state index is 0.0648. The maximum atomic E-state index is 9.86. The number of aliphatic hydroxyl groups is 1. The van der Waals surface area contributed by atoms with E-state index in [-0.39, 0.29) is 12.6 Å². The van der Waals surface area contributed by atoms with E-state index >= 15 is 0 Å². The van der Waals surface area contributed by atoms with Crippen molar-refractivity contribution in [1.82, 2.24) is 16.1 Å². The Bertz CT molecular complexity index is 502. The first-order valence-electron chi connectivity index (χ1n) is 7.76. The Morgan fingerprint density at radius 3 is 2.44 bits per heavy atom. The van der Waals surface area contributed by atoms with E-state index in [1.807, 2.05) is 24.3 Å². The van der Waals surface area contributed by atoms with Crippen molar-refractivity contribution in [2.45, 2.75) is 19.4 Å². The summed E-state index contributed by atoms with van der Waals surface area (Å²) in [6, 6.07) is 7.96. The Morgan fingerprint density at radius 2 is 2.08 bits per heavy atom. The first-order chi connectivity index (χ1) is 11.9. The molecule has 0 bridgehead atoms. The van der Waals surface area contributed by atoms with Crippen LogP contribution in [0.15, 0.2) is 36.2 Å². The molecule has 9 N–H and O–H groups in total. The first-order valence-corrected chi connectivity index (χ1v) is 7.76. The van der Waals surface area contributed by atoms with E-state index in [4.69, 9.17) is 26.5 Å². The molecule has 0 saturated carbocycles. The summed E-state index contributed by atoms with van der Waals surface area (Å²) in [5.41, 5.74) is 8.98. The largest absolute Gasteiger partial charge is 0.497 e. The number of rotatable bonds is 4. The fourth-order valence-corrected chi connectivity index (χ4v) is 1.65. The second kappa shape index (κ2) is 13.9. The molecule has 1 heterocycles. The van der Waals surface area contributed by atoms with E-state index in [2.05, 4.69) is 23.0 Å². The molecule has 0 spiro atoms. The molecular formula is C16H29N5O4. The molecule has 1 aliphatic heterocycles. The average Bonchev–Trinajstić information content (AvgIpc) is 3.06. The van der Waals surface area contributed by atoms with Crippen molar-refractivity contribution < 1.29 is 19.7 Å². The highest BCUT2D eigenvalue weighted by molar-refractivity contribution is 5.64. The number of carboxylic acid groups (broad SMARTS) is 1. The zero-order chi connectivity index (χ0) is 19.1. The smallest absolute Gasteiger partial charge is 0.404 e. The number of carbonyl (C=O) groups is 1. The van der Waals surface area contributed by atoms with Crippen molar-refractivity contribution >= 4 is 6.09 Å². The Balaban J connectivity index is 0.000000355. The molecule has 1 aromatic rings. The summed E-state index contributed by atoms with van der Waals surface area (Å²) in [6.07, 6.45) is 1.05. The van der Waals surface area contributed by atoms with Crippen LogP contribution < -0.4 is 32.4 Å². The second-order valence-electron chi connectivity index (χ2n) is 5.21. The number of benzene rings is 1. The predicted molar refractivity (Wildman–Crippen MR) is 96.8 cm³/mol. The number of β-amino-alcohol motifs (C(OH)–C–C–N with tert-alkyl or cyclic N) is 1. The van der Waals surface area contributed by atoms with Crippen molar-refractivity contribution in [2.75, 3.05) is 26.7 Å². The van der Waals surface area contributed by atoms with Crippen LogP contribution in [-0.2, 0) is 0 Å². The van der Waals surface area contributed by atoms with Crippen LogP contribution in [-0.4, -0.2) is 49.2 Å². The van der Waals surface area contributed by atoms with Gasteiger partial charge in [-0.1, -0.05) is 17.7 Å². The van der Waals surface area contributed by atoms with Gasteiger partial charge in [0, 0.05) is 18.4 Å². The minimum Gasteiger partial charge on any atom is -0.497 e. The molecule has 142 valence electrons. The van der Waals surface area contributed by atoms with Crippen LogP contribution in [0, 0.1) is 6.92 Å². The normalized spacial score (nSPS) is 15.8. The van der Waals surface area contributed by atoms with Gasteiger partial charge < -0.3 is 36.7 Å². The van der Waals surface area contributed by atoms with Crippen molar-refractivity contribution in [3.63, 3.8) is 0 Å². The van der Waals surface area contributed by atoms with Gasteiger partial charge in [0.1, 0.15) is 5.75 Å². The second-order valence-corrected chi connectivity index (χ2v) is 5.21. The lowest BCUT2D eigenvalue weighted by atomic mass is 10.2. The highest BCUT2D eigenvalue weighted by Gasteiger charge is 2.08. The van der Waals surface area contributed by atoms with Crippen molar-refractivity contribution in [3.05, 3.63) is 41.7 Å². The first kappa shape index (κ1) is 22.5. The van der Waals surface area contributed by atoms with Gasteiger partial charge in [-0.15, -0.1) is 0 Å². The van der Waals surface area contributed by atoms with Crippen LogP contribution in [0.4, 0.5) is 4.79 Å². The number of hydrogen-bond donors (Lipinski definition) is 7. The predicted octanol–water partition coefficient (Wildman–Crippen LogP) is -0.138. The van der Waals surface area contributed by atoms with E-state index < -0.39 is 6.09 Å². The van der Waals surface area contributed by atoms with Gasteiger partial charge in [-0.2, -0.15) is 0 Å². The SMILES string of the molecule is COc1ccc(C)cc1.NN/C=C(\N)CNC(=O)O.OC1CCNC1. The number of aliphatic hydroxyl groups excluding tert-OH is 1. The number of amides is 1. The van der Waals surface area contributed by atoms with Gasteiger partial charge in [-0.3, -0.25) is 5.84 Å². The number of ether oxygens (including phenoxy) is 1. The fourth-order valence-electron chi connectivity index (χ4n) is 1.65. The Morgan fingerprint density at radius 1 is 1.44 bits per heavy atom. The summed E-state index contributed by atoms with van der Waals surface area (Å²) in [6.45, 7) is 3.90. The lowest BCUT2D eigenvalue weighted by Gasteiger charge is -1.99. The number of aryl methyl sites for hydroxylation is 1. The summed E-state index contributed by atoms with van der Waals surface area (Å²) in [5, 5.41) is 21.8. The quantitative estimate of drug-likeness (QED) is 0.291. The van der Waals surface area contributed by atoms with Gasteiger partial charge in [-0.25, -0.2) is 4.79 Å². The summed E-state index contributed by atoms with van der Waals surface area (Å²) in [7, 11) is 1.67. The zero-order valence-electron chi connectivity index (χ0n) is 14.7. The highest BCUT2D eigenvalue weighted by Crippen LogP contribution is 2.09. The van der Waals surface area contributed by atoms with Crippen LogP contribution in [0.25, 0.3) is 0 Å². The molecule has 9 nitrogen and oxygen atoms in total. The Labute approximate surface area is 148 Å². The minimum atomic E-state index is -1.12. The van der Waals surface area contributed by atoms with Crippen LogP contribution in [0.3, 0.4) is 0 Å². The van der Waals surface area contributed by atoms with Gasteiger partial charge in [0.05, 0.1) is 19.8 Å². The Hall–Kier alpha value is -2.49. The van der Waals surface area contributed by atoms with Gasteiger partial charge in [0.15, 0.2) is 0 Å². The van der Waals surface area contributed by atoms with Crippen LogP contribution in [0.5, 0.6) is 5.75 Å². The van der Waals surface area contributed by atoms with Crippen molar-refractivity contribution in [1.29, 1.82) is 0 Å². The van der Waals surface area contributed by atoms with Crippen molar-refractivity contribution in [2.24, 2.45) is 11.6 Å². The number of methoxy groups -OCH3 is 1. The molecule has 25 heavy (non-hydrogen) atoms. The summed E-state index contributed by atoms with van der Waals surface area (Å²) in [4.78, 5) is 9.86. The van der Waals surface area contributed by atoms with Gasteiger partial charge in [0.25, 0.3) is 0 Å². The summed E-state index contributed by atoms with van der Waals surface area (Å²) in [5.74, 6) is 5.77. The number of hydrazine groups is 1. The third-order valence-electron chi connectivity index (χ3n) is 3.00. The third kappa shape index (κ3) is 13.6. The van der Waals surface area contributed by atoms with E-state index in [1.165, 1.54) is 11.8 Å². The molecule has 1 aliphatic rings. The molecule has 0 aliphatic carbocycles. The van der Waals surface area contributed by atoms with Crippen LogP contribution in [0.1, 0.15) is 12.0 Å². The van der Waals surface area contributed by atoms with E-state index in [0.29, 0.717) is 5.70 Å². The standard InChI is InChI=1S/C8H10O.C4H10N4O2.C4H9NO/c1-7-3-5-8(9-2)6-4-7;5-3(2-8-6)1-7-4(9)10;6-4-1-2-5-3-4/h3-6H,1-2H3;2,7-8H,1,5-6H2,(H,9,10);4-6H,1-3H2/b;3-2-;. The molecule has 0 radical (unpaired) electrons. The average molecular weight is 355 g/mol. The molecule has 1 aromatic carbocycles. The highest BCUT2D eigenvalue weighted by atomic mass is 16.5. The van der Waals surface area contributed by atoms with E-state index in [0.717, 1.165) is 25.3 Å². The number of hydrogen-bond acceptors (Lipinski definition) is 7. The van der Waals surface area contributed by atoms with Crippen molar-refractivity contribution in [3.8, 4) is 5.75 Å². The van der Waals surface area contributed by atoms with Gasteiger partial charge >= 0.3 is 6.09 Å². The zero-order valence-corrected chi connectivity index (χ0v) is 14.7. The topological polar surface area (TPSA) is 155 Å². The lowest BCUT2D eigenvalue weighted by Crippen LogP contribution is -2.28. The number of nitrogens with two attached hydrogens (primary N) is 2. The maximum Gasteiger partial charge on any atom is 0.404 e. The monoisotopic (exact) mass is 355 g/mol. The fraction of sp³-hybridized carbons (Fsp3) is 0.438. The molecule has 1 saturated heterocycles. The number of nitrogens with one attached hydrogen (secondary N) is 3. The summed E-state index contributed by atoms with van der Waals surface area (Å²) < 4.78 is 4.97. The Kier molecular flexibility index (Phi) is 12.5. The molecule has 1 fully saturated rings. The van der Waals surface area contributed by atoms with Crippen LogP contribution in [0.2, 0.25) is 0 Å². The summed E-state index contributed by atoms with van der Waals surface area (Å²) >= 11 is 0. The molecule has 1 atom stereocenters.